The lowest BCUT2D eigenvalue weighted by atomic mass is 10.2. The molecule has 6 nitrogen and oxygen atoms in total. The molecule has 0 radical (unpaired) electrons. The summed E-state index contributed by atoms with van der Waals surface area (Å²) in [6, 6.07) is 23.6. The fourth-order valence-corrected chi connectivity index (χ4v) is 3.26. The summed E-state index contributed by atoms with van der Waals surface area (Å²) in [5.41, 5.74) is 1.72. The SMILES string of the molecule is Cc1nc2ccccc2c(=O)n1-c1ccc(C(=O)NCCOc2ccccc2)cc1. The van der Waals surface area contributed by atoms with Crippen molar-refractivity contribution in [3.63, 3.8) is 0 Å². The van der Waals surface area contributed by atoms with Crippen LogP contribution < -0.4 is 15.6 Å². The van der Waals surface area contributed by atoms with Gasteiger partial charge in [-0.1, -0.05) is 30.3 Å². The topological polar surface area (TPSA) is 73.2 Å². The largest absolute Gasteiger partial charge is 0.492 e. The summed E-state index contributed by atoms with van der Waals surface area (Å²) in [7, 11) is 0. The molecule has 4 aromatic rings. The Balaban J connectivity index is 1.45. The molecule has 0 aliphatic rings. The number of carbonyl (C=O) groups excluding carboxylic acids is 1. The van der Waals surface area contributed by atoms with Crippen molar-refractivity contribution in [1.82, 2.24) is 14.9 Å². The summed E-state index contributed by atoms with van der Waals surface area (Å²) in [6.07, 6.45) is 0. The first-order valence-corrected chi connectivity index (χ1v) is 9.68. The van der Waals surface area contributed by atoms with Gasteiger partial charge in [-0.25, -0.2) is 4.98 Å². The van der Waals surface area contributed by atoms with E-state index < -0.39 is 0 Å². The van der Waals surface area contributed by atoms with Crippen molar-refractivity contribution in [2.24, 2.45) is 0 Å². The predicted octanol–water partition coefficient (Wildman–Crippen LogP) is 3.50. The van der Waals surface area contributed by atoms with Crippen LogP contribution >= 0.6 is 0 Å². The van der Waals surface area contributed by atoms with Gasteiger partial charge in [0.2, 0.25) is 0 Å². The zero-order chi connectivity index (χ0) is 20.9. The third kappa shape index (κ3) is 4.07. The van der Waals surface area contributed by atoms with Crippen molar-refractivity contribution in [2.75, 3.05) is 13.2 Å². The van der Waals surface area contributed by atoms with Gasteiger partial charge < -0.3 is 10.1 Å². The number of aryl methyl sites for hydroxylation is 1. The summed E-state index contributed by atoms with van der Waals surface area (Å²) in [5, 5.41) is 3.39. The number of nitrogens with one attached hydrogen (secondary N) is 1. The van der Waals surface area contributed by atoms with Gasteiger partial charge in [0.15, 0.2) is 0 Å². The van der Waals surface area contributed by atoms with Crippen LogP contribution in [0.3, 0.4) is 0 Å². The standard InChI is InChI=1S/C24H21N3O3/c1-17-26-22-10-6-5-9-21(22)24(29)27(17)19-13-11-18(12-14-19)23(28)25-15-16-30-20-7-3-2-4-8-20/h2-14H,15-16H2,1H3,(H,25,28). The minimum absolute atomic E-state index is 0.131. The summed E-state index contributed by atoms with van der Waals surface area (Å²) in [4.78, 5) is 29.8. The number of rotatable bonds is 6. The van der Waals surface area contributed by atoms with E-state index in [9.17, 15) is 9.59 Å². The van der Waals surface area contributed by atoms with E-state index in [0.29, 0.717) is 41.1 Å². The van der Waals surface area contributed by atoms with Crippen molar-refractivity contribution >= 4 is 16.8 Å². The Hall–Kier alpha value is -3.93. The van der Waals surface area contributed by atoms with Crippen LogP contribution in [0.25, 0.3) is 16.6 Å². The van der Waals surface area contributed by atoms with Crippen LogP contribution in [-0.2, 0) is 0 Å². The van der Waals surface area contributed by atoms with E-state index >= 15 is 0 Å². The molecule has 1 heterocycles. The molecule has 3 aromatic carbocycles. The van der Waals surface area contributed by atoms with Crippen LogP contribution in [0, 0.1) is 6.92 Å². The molecule has 0 bridgehead atoms. The van der Waals surface area contributed by atoms with E-state index in [1.807, 2.05) is 48.5 Å². The second-order valence-corrected chi connectivity index (χ2v) is 6.78. The maximum absolute atomic E-state index is 12.9. The molecular weight excluding hydrogens is 378 g/mol. The van der Waals surface area contributed by atoms with E-state index in [4.69, 9.17) is 4.74 Å². The number of benzene rings is 3. The zero-order valence-electron chi connectivity index (χ0n) is 16.5. The van der Waals surface area contributed by atoms with Gasteiger partial charge in [-0.3, -0.25) is 14.2 Å². The minimum atomic E-state index is -0.195. The number of nitrogens with zero attached hydrogens (tertiary/aromatic N) is 2. The van der Waals surface area contributed by atoms with Gasteiger partial charge in [-0.05, 0) is 55.5 Å². The lowest BCUT2D eigenvalue weighted by Crippen LogP contribution is -2.28. The molecule has 0 saturated heterocycles. The van der Waals surface area contributed by atoms with Crippen molar-refractivity contribution < 1.29 is 9.53 Å². The summed E-state index contributed by atoms with van der Waals surface area (Å²) in [5.74, 6) is 1.16. The highest BCUT2D eigenvalue weighted by Crippen LogP contribution is 2.13. The molecule has 30 heavy (non-hydrogen) atoms. The highest BCUT2D eigenvalue weighted by Gasteiger charge is 2.11. The Kier molecular flexibility index (Phi) is 5.57. The second-order valence-electron chi connectivity index (χ2n) is 6.78. The molecule has 0 unspecified atom stereocenters. The van der Waals surface area contributed by atoms with Crippen molar-refractivity contribution in [3.8, 4) is 11.4 Å². The van der Waals surface area contributed by atoms with Crippen LogP contribution in [0.5, 0.6) is 5.75 Å². The van der Waals surface area contributed by atoms with E-state index in [1.165, 1.54) is 0 Å². The third-order valence-corrected chi connectivity index (χ3v) is 4.73. The molecular formula is C24H21N3O3. The third-order valence-electron chi connectivity index (χ3n) is 4.73. The molecule has 0 fully saturated rings. The van der Waals surface area contributed by atoms with Crippen molar-refractivity contribution in [3.05, 3.63) is 101 Å². The van der Waals surface area contributed by atoms with Crippen LogP contribution in [0.4, 0.5) is 0 Å². The van der Waals surface area contributed by atoms with Gasteiger partial charge in [0.25, 0.3) is 11.5 Å². The van der Waals surface area contributed by atoms with E-state index in [0.717, 1.165) is 5.75 Å². The van der Waals surface area contributed by atoms with Gasteiger partial charge in [-0.15, -0.1) is 0 Å². The molecule has 0 saturated carbocycles. The maximum atomic E-state index is 12.9. The van der Waals surface area contributed by atoms with Gasteiger partial charge in [0.1, 0.15) is 18.2 Å². The number of hydrogen-bond acceptors (Lipinski definition) is 4. The van der Waals surface area contributed by atoms with Crippen molar-refractivity contribution in [2.45, 2.75) is 6.92 Å². The molecule has 1 N–H and O–H groups in total. The number of ether oxygens (including phenoxy) is 1. The molecule has 1 amide bonds. The first kappa shape index (κ1) is 19.4. The van der Waals surface area contributed by atoms with Gasteiger partial charge in [0.05, 0.1) is 23.1 Å². The van der Waals surface area contributed by atoms with E-state index in [2.05, 4.69) is 10.3 Å². The minimum Gasteiger partial charge on any atom is -0.492 e. The molecule has 4 rings (SSSR count). The summed E-state index contributed by atoms with van der Waals surface area (Å²) < 4.78 is 7.12. The number of fused-ring (bicyclic) bond motifs is 1. The average molecular weight is 399 g/mol. The number of hydrogen-bond donors (Lipinski definition) is 1. The van der Waals surface area contributed by atoms with Crippen LogP contribution in [0.15, 0.2) is 83.7 Å². The summed E-state index contributed by atoms with van der Waals surface area (Å²) in [6.45, 7) is 2.56. The van der Waals surface area contributed by atoms with Crippen LogP contribution in [-0.4, -0.2) is 28.6 Å². The normalized spacial score (nSPS) is 10.7. The van der Waals surface area contributed by atoms with Gasteiger partial charge in [-0.2, -0.15) is 0 Å². The van der Waals surface area contributed by atoms with Crippen molar-refractivity contribution in [1.29, 1.82) is 0 Å². The first-order chi connectivity index (χ1) is 14.6. The Morgan fingerprint density at radius 3 is 2.43 bits per heavy atom. The smallest absolute Gasteiger partial charge is 0.265 e. The average Bonchev–Trinajstić information content (AvgIpc) is 2.78. The Labute approximate surface area is 173 Å². The van der Waals surface area contributed by atoms with Gasteiger partial charge >= 0.3 is 0 Å². The highest BCUT2D eigenvalue weighted by molar-refractivity contribution is 5.94. The van der Waals surface area contributed by atoms with Gasteiger partial charge in [0, 0.05) is 5.56 Å². The molecule has 150 valence electrons. The first-order valence-electron chi connectivity index (χ1n) is 9.68. The zero-order valence-corrected chi connectivity index (χ0v) is 16.5. The molecule has 0 spiro atoms. The number of amides is 1. The highest BCUT2D eigenvalue weighted by atomic mass is 16.5. The number of para-hydroxylation sites is 2. The fourth-order valence-electron chi connectivity index (χ4n) is 3.26. The molecule has 0 aliphatic heterocycles. The molecule has 0 aliphatic carbocycles. The van der Waals surface area contributed by atoms with E-state index in [-0.39, 0.29) is 11.5 Å². The lowest BCUT2D eigenvalue weighted by Gasteiger charge is -2.12. The Morgan fingerprint density at radius 1 is 0.967 bits per heavy atom. The maximum Gasteiger partial charge on any atom is 0.265 e. The predicted molar refractivity (Wildman–Crippen MR) is 116 cm³/mol. The quantitative estimate of drug-likeness (QED) is 0.504. The lowest BCUT2D eigenvalue weighted by molar-refractivity contribution is 0.0947. The van der Waals surface area contributed by atoms with Crippen LogP contribution in [0.2, 0.25) is 0 Å². The monoisotopic (exact) mass is 399 g/mol. The number of carbonyl (C=O) groups is 1. The number of aromatic nitrogens is 2. The Morgan fingerprint density at radius 2 is 1.67 bits per heavy atom. The fraction of sp³-hybridized carbons (Fsp3) is 0.125. The Bertz CT molecular complexity index is 1230. The second kappa shape index (κ2) is 8.61. The van der Waals surface area contributed by atoms with Crippen LogP contribution in [0.1, 0.15) is 16.2 Å². The summed E-state index contributed by atoms with van der Waals surface area (Å²) >= 11 is 0. The molecule has 6 heteroatoms. The molecule has 1 aromatic heterocycles. The molecule has 0 atom stereocenters. The van der Waals surface area contributed by atoms with E-state index in [1.54, 1.807) is 41.8 Å².